The van der Waals surface area contributed by atoms with E-state index in [0.29, 0.717) is 18.6 Å². The molecule has 0 saturated carbocycles. The molecule has 1 unspecified atom stereocenters. The van der Waals surface area contributed by atoms with Crippen LogP contribution >= 0.6 is 7.60 Å². The van der Waals surface area contributed by atoms with E-state index < -0.39 is 29.4 Å². The third kappa shape index (κ3) is 4.21. The van der Waals surface area contributed by atoms with Crippen LogP contribution in [-0.4, -0.2) is 44.8 Å². The Labute approximate surface area is 121 Å². The first kappa shape index (κ1) is 15.8. The standard InChI is InChI=1S/C9H14N5O5PS/c10-9-12-7-6(8(15)13-9)11-4-14(7)2-1-3-21(19)5-20(16,17)18/h4H,1-3,5H2,(H2,16,17,18)(H3,10,12,13,15). The highest BCUT2D eigenvalue weighted by Gasteiger charge is 2.17. The molecule has 2 heterocycles. The lowest BCUT2D eigenvalue weighted by molar-refractivity contribution is 0.379. The molecule has 21 heavy (non-hydrogen) atoms. The third-order valence-corrected chi connectivity index (χ3v) is 5.82. The number of fused-ring (bicyclic) bond motifs is 1. The zero-order chi connectivity index (χ0) is 15.6. The fourth-order valence-electron chi connectivity index (χ4n) is 1.78. The molecule has 5 N–H and O–H groups in total. The van der Waals surface area contributed by atoms with Crippen molar-refractivity contribution in [2.45, 2.75) is 13.0 Å². The smallest absolute Gasteiger partial charge is 0.337 e. The Morgan fingerprint density at radius 3 is 2.86 bits per heavy atom. The molecule has 0 radical (unpaired) electrons. The van der Waals surface area contributed by atoms with Crippen molar-refractivity contribution >= 4 is 35.5 Å². The summed E-state index contributed by atoms with van der Waals surface area (Å²) in [5.74, 6) is 0.100. The lowest BCUT2D eigenvalue weighted by atomic mass is 10.4. The van der Waals surface area contributed by atoms with Crippen LogP contribution in [-0.2, 0) is 21.9 Å². The molecule has 0 spiro atoms. The van der Waals surface area contributed by atoms with Gasteiger partial charge in [-0.2, -0.15) is 4.98 Å². The van der Waals surface area contributed by atoms with Gasteiger partial charge in [-0.3, -0.25) is 18.6 Å². The Kier molecular flexibility index (Phi) is 4.57. The molecule has 0 aliphatic carbocycles. The lowest BCUT2D eigenvalue weighted by Crippen LogP contribution is -2.13. The number of rotatable bonds is 6. The molecule has 0 aromatic carbocycles. The highest BCUT2D eigenvalue weighted by molar-refractivity contribution is 7.92. The minimum Gasteiger partial charge on any atom is -0.369 e. The minimum absolute atomic E-state index is 0.0284. The topological polar surface area (TPSA) is 164 Å². The van der Waals surface area contributed by atoms with Crippen molar-refractivity contribution < 1.29 is 18.6 Å². The maximum absolute atomic E-state index is 11.6. The van der Waals surface area contributed by atoms with Gasteiger partial charge in [0.1, 0.15) is 5.49 Å². The van der Waals surface area contributed by atoms with E-state index in [9.17, 15) is 13.6 Å². The molecule has 0 aliphatic heterocycles. The third-order valence-electron chi connectivity index (χ3n) is 2.58. The van der Waals surface area contributed by atoms with Gasteiger partial charge in [0.25, 0.3) is 5.56 Å². The minimum atomic E-state index is -4.27. The normalized spacial score (nSPS) is 13.6. The van der Waals surface area contributed by atoms with Gasteiger partial charge in [-0.15, -0.1) is 0 Å². The number of aromatic nitrogens is 4. The van der Waals surface area contributed by atoms with Gasteiger partial charge >= 0.3 is 7.60 Å². The highest BCUT2D eigenvalue weighted by Crippen LogP contribution is 2.35. The molecule has 12 heteroatoms. The molecule has 0 amide bonds. The van der Waals surface area contributed by atoms with Crippen LogP contribution in [0, 0.1) is 0 Å². The van der Waals surface area contributed by atoms with E-state index in [-0.39, 0.29) is 17.2 Å². The van der Waals surface area contributed by atoms with Gasteiger partial charge in [0.05, 0.1) is 6.33 Å². The first-order chi connectivity index (χ1) is 9.76. The number of imidazole rings is 1. The van der Waals surface area contributed by atoms with Crippen LogP contribution in [0.2, 0.25) is 0 Å². The summed E-state index contributed by atoms with van der Waals surface area (Å²) < 4.78 is 23.7. The zero-order valence-corrected chi connectivity index (χ0v) is 12.5. The van der Waals surface area contributed by atoms with Crippen LogP contribution in [0.4, 0.5) is 5.95 Å². The van der Waals surface area contributed by atoms with Crippen LogP contribution in [0.25, 0.3) is 11.2 Å². The first-order valence-electron chi connectivity index (χ1n) is 5.86. The van der Waals surface area contributed by atoms with Crippen molar-refractivity contribution in [2.24, 2.45) is 0 Å². The quantitative estimate of drug-likeness (QED) is 0.487. The predicted octanol–water partition coefficient (Wildman–Crippen LogP) is -1.02. The molecule has 2 aromatic heterocycles. The number of hydrogen-bond donors (Lipinski definition) is 4. The van der Waals surface area contributed by atoms with E-state index >= 15 is 0 Å². The summed E-state index contributed by atoms with van der Waals surface area (Å²) >= 11 is 0. The maximum Gasteiger partial charge on any atom is 0.337 e. The van der Waals surface area contributed by atoms with Gasteiger partial charge in [0.2, 0.25) is 5.95 Å². The van der Waals surface area contributed by atoms with E-state index in [1.807, 2.05) is 0 Å². The van der Waals surface area contributed by atoms with Gasteiger partial charge in [-0.05, 0) is 6.42 Å². The number of nitrogen functional groups attached to an aromatic ring is 1. The average Bonchev–Trinajstić information content (AvgIpc) is 2.70. The van der Waals surface area contributed by atoms with Gasteiger partial charge in [0, 0.05) is 23.1 Å². The van der Waals surface area contributed by atoms with Crippen LogP contribution in [0.3, 0.4) is 0 Å². The second kappa shape index (κ2) is 6.06. The van der Waals surface area contributed by atoms with Gasteiger partial charge in [-0.25, -0.2) is 4.98 Å². The predicted molar refractivity (Wildman–Crippen MR) is 77.1 cm³/mol. The number of aryl methyl sites for hydroxylation is 1. The van der Waals surface area contributed by atoms with E-state index in [2.05, 4.69) is 15.0 Å². The van der Waals surface area contributed by atoms with Crippen molar-refractivity contribution in [3.63, 3.8) is 0 Å². The van der Waals surface area contributed by atoms with E-state index in [0.717, 1.165) is 0 Å². The van der Waals surface area contributed by atoms with Crippen LogP contribution in [0.1, 0.15) is 6.42 Å². The second-order valence-corrected chi connectivity index (χ2v) is 8.00. The zero-order valence-electron chi connectivity index (χ0n) is 10.8. The number of nitrogens with zero attached hydrogens (tertiary/aromatic N) is 3. The Balaban J connectivity index is 2.03. The van der Waals surface area contributed by atoms with Crippen LogP contribution in [0.15, 0.2) is 11.1 Å². The van der Waals surface area contributed by atoms with Crippen molar-refractivity contribution in [3.05, 3.63) is 16.7 Å². The molecule has 2 aromatic rings. The number of anilines is 1. The summed E-state index contributed by atoms with van der Waals surface area (Å²) in [6.45, 7) is 0.360. The lowest BCUT2D eigenvalue weighted by Gasteiger charge is -2.05. The fraction of sp³-hybridized carbons (Fsp3) is 0.444. The SMILES string of the molecule is Nc1nc2c(ncn2CCCS(=O)CP(=O)(O)O)c(=O)[nH]1. The van der Waals surface area contributed by atoms with Crippen molar-refractivity contribution in [1.29, 1.82) is 0 Å². The van der Waals surface area contributed by atoms with Gasteiger partial charge < -0.3 is 20.1 Å². The van der Waals surface area contributed by atoms with E-state index in [1.165, 1.54) is 6.33 Å². The summed E-state index contributed by atoms with van der Waals surface area (Å²) in [6.07, 6.45) is 1.81. The Hall–Kier alpha value is -1.55. The average molecular weight is 335 g/mol. The fourth-order valence-corrected chi connectivity index (χ4v) is 4.25. The van der Waals surface area contributed by atoms with E-state index in [4.69, 9.17) is 15.5 Å². The summed E-state index contributed by atoms with van der Waals surface area (Å²) in [4.78, 5) is 39.2. The van der Waals surface area contributed by atoms with Gasteiger partial charge in [0.15, 0.2) is 11.2 Å². The van der Waals surface area contributed by atoms with Crippen LogP contribution in [0.5, 0.6) is 0 Å². The van der Waals surface area contributed by atoms with E-state index in [1.54, 1.807) is 4.57 Å². The number of nitrogens with two attached hydrogens (primary N) is 1. The monoisotopic (exact) mass is 335 g/mol. The summed E-state index contributed by atoms with van der Waals surface area (Å²) in [7, 11) is -5.87. The summed E-state index contributed by atoms with van der Waals surface area (Å²) in [6, 6.07) is 0. The van der Waals surface area contributed by atoms with Crippen molar-refractivity contribution in [3.8, 4) is 0 Å². The van der Waals surface area contributed by atoms with Gasteiger partial charge in [-0.1, -0.05) is 0 Å². The first-order valence-corrected chi connectivity index (χ1v) is 9.15. The molecule has 0 bridgehead atoms. The number of hydrogen-bond acceptors (Lipinski definition) is 6. The van der Waals surface area contributed by atoms with Crippen molar-refractivity contribution in [2.75, 3.05) is 17.0 Å². The largest absolute Gasteiger partial charge is 0.369 e. The molecule has 0 aliphatic rings. The Morgan fingerprint density at radius 2 is 2.19 bits per heavy atom. The summed E-state index contributed by atoms with van der Waals surface area (Å²) in [5, 5.41) is 0. The molecule has 10 nitrogen and oxygen atoms in total. The molecule has 1 atom stereocenters. The maximum atomic E-state index is 11.6. The Morgan fingerprint density at radius 1 is 1.48 bits per heavy atom. The molecule has 116 valence electrons. The summed E-state index contributed by atoms with van der Waals surface area (Å²) in [5.41, 5.74) is 4.83. The van der Waals surface area contributed by atoms with Crippen LogP contribution < -0.4 is 11.3 Å². The number of H-pyrrole nitrogens is 1. The molecule has 0 fully saturated rings. The second-order valence-electron chi connectivity index (χ2n) is 4.35. The number of aromatic amines is 1. The highest BCUT2D eigenvalue weighted by atomic mass is 32.2. The van der Waals surface area contributed by atoms with Crippen molar-refractivity contribution in [1.82, 2.24) is 19.5 Å². The number of nitrogens with one attached hydrogen (secondary N) is 1. The molecule has 0 saturated heterocycles. The molecular weight excluding hydrogens is 321 g/mol. The molecular formula is C9H14N5O5PS. The molecule has 2 rings (SSSR count). The Bertz CT molecular complexity index is 780.